The van der Waals surface area contributed by atoms with Crippen LogP contribution in [0.25, 0.3) is 0 Å². The lowest BCUT2D eigenvalue weighted by molar-refractivity contribution is -0.137. The molecule has 0 spiro atoms. The molecule has 0 aromatic carbocycles. The van der Waals surface area contributed by atoms with Gasteiger partial charge in [-0.2, -0.15) is 0 Å². The van der Waals surface area contributed by atoms with E-state index in [0.717, 1.165) is 24.8 Å². The zero-order chi connectivity index (χ0) is 12.0. The smallest absolute Gasteiger partial charge is 0.303 e. The number of aliphatic hydroxyl groups excluding tert-OH is 1. The van der Waals surface area contributed by atoms with Crippen molar-refractivity contribution in [3.8, 4) is 0 Å². The van der Waals surface area contributed by atoms with Crippen LogP contribution in [0.4, 0.5) is 0 Å². The predicted octanol–water partition coefficient (Wildman–Crippen LogP) is 1.10. The molecule has 90 valence electrons. The number of aliphatic hydroxyl groups is 1. The first-order valence-electron chi connectivity index (χ1n) is 5.33. The Morgan fingerprint density at radius 1 is 1.44 bits per heavy atom. The maximum absolute atomic E-state index is 10.3. The average molecular weight is 227 g/mol. The van der Waals surface area contributed by atoms with Crippen molar-refractivity contribution in [3.05, 3.63) is 23.6 Å². The molecule has 0 saturated heterocycles. The third kappa shape index (κ3) is 4.35. The zero-order valence-corrected chi connectivity index (χ0v) is 9.06. The van der Waals surface area contributed by atoms with Gasteiger partial charge in [-0.25, -0.2) is 0 Å². The summed E-state index contributed by atoms with van der Waals surface area (Å²) in [7, 11) is 0. The van der Waals surface area contributed by atoms with E-state index in [0.29, 0.717) is 6.42 Å². The monoisotopic (exact) mass is 227 g/mol. The van der Waals surface area contributed by atoms with Gasteiger partial charge in [-0.1, -0.05) is 12.5 Å². The number of allylic oxidation sites excluding steroid dienone is 2. The maximum Gasteiger partial charge on any atom is 0.303 e. The van der Waals surface area contributed by atoms with E-state index in [-0.39, 0.29) is 12.3 Å². The van der Waals surface area contributed by atoms with Crippen LogP contribution in [0.3, 0.4) is 0 Å². The van der Waals surface area contributed by atoms with Gasteiger partial charge < -0.3 is 20.7 Å². The van der Waals surface area contributed by atoms with Crippen LogP contribution in [0.1, 0.15) is 32.1 Å². The Morgan fingerprint density at radius 3 is 2.81 bits per heavy atom. The van der Waals surface area contributed by atoms with Crippen LogP contribution in [-0.4, -0.2) is 22.5 Å². The van der Waals surface area contributed by atoms with E-state index in [1.807, 2.05) is 0 Å². The highest BCUT2D eigenvalue weighted by Crippen LogP contribution is 2.18. The molecule has 0 aromatic heterocycles. The summed E-state index contributed by atoms with van der Waals surface area (Å²) in [5.41, 5.74) is 6.45. The minimum atomic E-state index is -0.948. The van der Waals surface area contributed by atoms with E-state index in [9.17, 15) is 4.79 Å². The second-order valence-electron chi connectivity index (χ2n) is 3.71. The lowest BCUT2D eigenvalue weighted by Crippen LogP contribution is -2.18. The molecule has 5 heteroatoms. The Hall–Kier alpha value is -1.49. The van der Waals surface area contributed by atoms with Gasteiger partial charge in [-0.05, 0) is 25.3 Å². The molecule has 1 aliphatic rings. The molecule has 4 N–H and O–H groups in total. The second kappa shape index (κ2) is 6.17. The molecule has 0 aromatic rings. The van der Waals surface area contributed by atoms with Gasteiger partial charge in [0.15, 0.2) is 5.88 Å². The maximum atomic E-state index is 10.3. The Morgan fingerprint density at radius 2 is 2.19 bits per heavy atom. The number of nitrogens with two attached hydrogens (primary N) is 1. The number of carboxylic acid groups (broad SMARTS) is 1. The molecule has 0 fully saturated rings. The van der Waals surface area contributed by atoms with Gasteiger partial charge in [-0.15, -0.1) is 0 Å². The summed E-state index contributed by atoms with van der Waals surface area (Å²) in [6.45, 7) is 0. The zero-order valence-electron chi connectivity index (χ0n) is 9.06. The molecule has 1 aliphatic heterocycles. The molecule has 0 radical (unpaired) electrons. The second-order valence-corrected chi connectivity index (χ2v) is 3.71. The molecule has 0 aliphatic carbocycles. The van der Waals surface area contributed by atoms with Gasteiger partial charge in [-0.3, -0.25) is 4.79 Å². The van der Waals surface area contributed by atoms with Crippen LogP contribution in [0.5, 0.6) is 0 Å². The first-order chi connectivity index (χ1) is 7.59. The Labute approximate surface area is 94.2 Å². The van der Waals surface area contributed by atoms with Crippen molar-refractivity contribution >= 4 is 5.97 Å². The van der Waals surface area contributed by atoms with Gasteiger partial charge in [0.25, 0.3) is 0 Å². The molecule has 1 rings (SSSR count). The Bertz CT molecular complexity index is 309. The van der Waals surface area contributed by atoms with Crippen LogP contribution in [0, 0.1) is 0 Å². The van der Waals surface area contributed by atoms with Crippen LogP contribution >= 0.6 is 0 Å². The third-order valence-corrected chi connectivity index (χ3v) is 2.36. The lowest BCUT2D eigenvalue weighted by Gasteiger charge is -2.17. The number of ether oxygens (including phenoxy) is 1. The summed E-state index contributed by atoms with van der Waals surface area (Å²) >= 11 is 0. The number of hydrogen-bond donors (Lipinski definition) is 3. The minimum Gasteiger partial charge on any atom is -0.481 e. The summed E-state index contributed by atoms with van der Waals surface area (Å²) in [5.74, 6) is -0.504. The van der Waals surface area contributed by atoms with E-state index in [1.165, 1.54) is 6.08 Å². The largest absolute Gasteiger partial charge is 0.481 e. The highest BCUT2D eigenvalue weighted by molar-refractivity contribution is 5.66. The van der Waals surface area contributed by atoms with Crippen LogP contribution in [-0.2, 0) is 9.53 Å². The normalized spacial score (nSPS) is 19.7. The van der Waals surface area contributed by atoms with Crippen LogP contribution in [0.15, 0.2) is 23.6 Å². The van der Waals surface area contributed by atoms with E-state index in [4.69, 9.17) is 20.7 Å². The molecule has 0 saturated carbocycles. The summed E-state index contributed by atoms with van der Waals surface area (Å²) < 4.78 is 4.93. The predicted molar refractivity (Wildman–Crippen MR) is 58.2 cm³/mol. The van der Waals surface area contributed by atoms with Crippen LogP contribution in [0.2, 0.25) is 0 Å². The summed E-state index contributed by atoms with van der Waals surface area (Å²) in [6.07, 6.45) is 5.68. The number of hydrogen-bond acceptors (Lipinski definition) is 4. The SMILES string of the molecule is NC1=C(CCCCCC(=O)O)C=C[C@@H](O)O1. The average Bonchev–Trinajstić information content (AvgIpc) is 2.20. The quantitative estimate of drug-likeness (QED) is 0.591. The van der Waals surface area contributed by atoms with Crippen molar-refractivity contribution in [1.82, 2.24) is 0 Å². The minimum absolute atomic E-state index is 0.208. The topological polar surface area (TPSA) is 92.8 Å². The number of carbonyl (C=O) groups is 1. The highest BCUT2D eigenvalue weighted by atomic mass is 16.6. The Kier molecular flexibility index (Phi) is 4.85. The van der Waals surface area contributed by atoms with E-state index < -0.39 is 12.3 Å². The standard InChI is InChI=1S/C11H17NO4/c12-11-8(6-7-10(15)16-11)4-2-1-3-5-9(13)14/h6-7,10,15H,1-5,12H2,(H,13,14)/t10-/m0/s1. The summed E-state index contributed by atoms with van der Waals surface area (Å²) in [4.78, 5) is 10.3. The van der Waals surface area contributed by atoms with E-state index in [1.54, 1.807) is 6.08 Å². The Balaban J connectivity index is 2.20. The van der Waals surface area contributed by atoms with Gasteiger partial charge in [0.05, 0.1) is 0 Å². The fourth-order valence-electron chi connectivity index (χ4n) is 1.50. The highest BCUT2D eigenvalue weighted by Gasteiger charge is 2.11. The van der Waals surface area contributed by atoms with Crippen LogP contribution < -0.4 is 5.73 Å². The number of carboxylic acids is 1. The first-order valence-corrected chi connectivity index (χ1v) is 5.33. The molecule has 0 unspecified atom stereocenters. The van der Waals surface area contributed by atoms with Crippen molar-refractivity contribution in [2.75, 3.05) is 0 Å². The van der Waals surface area contributed by atoms with Crippen molar-refractivity contribution in [3.63, 3.8) is 0 Å². The molecule has 5 nitrogen and oxygen atoms in total. The molecule has 0 amide bonds. The van der Waals surface area contributed by atoms with Gasteiger partial charge in [0.1, 0.15) is 0 Å². The van der Waals surface area contributed by atoms with Gasteiger partial charge >= 0.3 is 5.97 Å². The fraction of sp³-hybridized carbons (Fsp3) is 0.545. The lowest BCUT2D eigenvalue weighted by atomic mass is 10.1. The molecule has 0 bridgehead atoms. The summed E-state index contributed by atoms with van der Waals surface area (Å²) in [5, 5.41) is 17.5. The van der Waals surface area contributed by atoms with Crippen molar-refractivity contribution in [2.45, 2.75) is 38.4 Å². The van der Waals surface area contributed by atoms with E-state index >= 15 is 0 Å². The molecule has 16 heavy (non-hydrogen) atoms. The van der Waals surface area contributed by atoms with Crippen molar-refractivity contribution in [2.24, 2.45) is 5.73 Å². The number of rotatable bonds is 6. The van der Waals surface area contributed by atoms with Crippen molar-refractivity contribution in [1.29, 1.82) is 0 Å². The third-order valence-electron chi connectivity index (χ3n) is 2.36. The van der Waals surface area contributed by atoms with Crippen molar-refractivity contribution < 1.29 is 19.7 Å². The summed E-state index contributed by atoms with van der Waals surface area (Å²) in [6, 6.07) is 0. The molecular weight excluding hydrogens is 210 g/mol. The van der Waals surface area contributed by atoms with Gasteiger partial charge in [0.2, 0.25) is 6.29 Å². The molecule has 1 atom stereocenters. The molecule has 1 heterocycles. The van der Waals surface area contributed by atoms with Gasteiger partial charge in [0, 0.05) is 12.0 Å². The number of aliphatic carboxylic acids is 1. The van der Waals surface area contributed by atoms with E-state index in [2.05, 4.69) is 0 Å². The molecular formula is C11H17NO4. The number of unbranched alkanes of at least 4 members (excludes halogenated alkanes) is 2. The fourth-order valence-corrected chi connectivity index (χ4v) is 1.50. The first kappa shape index (κ1) is 12.6.